The SMILES string of the molecule is NC(=O)c1ccc(NC(=O)c2nc(-c3cccnc3)cnc2N)cc1.[HH].[HH].[HH].[HH].[HH]. The highest BCUT2D eigenvalue weighted by Gasteiger charge is 2.15. The highest BCUT2D eigenvalue weighted by Crippen LogP contribution is 2.18. The Balaban J connectivity index is -0.00000146. The number of nitrogen functional groups attached to an aromatic ring is 1. The molecule has 134 valence electrons. The Hall–Kier alpha value is -3.81. The summed E-state index contributed by atoms with van der Waals surface area (Å²) in [4.78, 5) is 35.8. The summed E-state index contributed by atoms with van der Waals surface area (Å²) in [7, 11) is 0. The van der Waals surface area contributed by atoms with E-state index in [4.69, 9.17) is 11.5 Å². The van der Waals surface area contributed by atoms with E-state index in [1.807, 2.05) is 0 Å². The van der Waals surface area contributed by atoms with Gasteiger partial charge in [-0.25, -0.2) is 9.97 Å². The van der Waals surface area contributed by atoms with Crippen molar-refractivity contribution in [1.82, 2.24) is 15.0 Å². The predicted octanol–water partition coefficient (Wildman–Crippen LogP) is 2.70. The van der Waals surface area contributed by atoms with Crippen LogP contribution in [0, 0.1) is 0 Å². The molecule has 3 aromatic rings. The Morgan fingerprint density at radius 2 is 1.84 bits per heavy atom. The van der Waals surface area contributed by atoms with Crippen LogP contribution in [0.25, 0.3) is 11.3 Å². The average molecular weight is 344 g/mol. The van der Waals surface area contributed by atoms with Crippen LogP contribution in [0.15, 0.2) is 55.0 Å². The molecule has 8 nitrogen and oxygen atoms in total. The van der Waals surface area contributed by atoms with Gasteiger partial charge in [0.05, 0.1) is 11.9 Å². The largest absolute Gasteiger partial charge is 0.382 e. The molecule has 2 heterocycles. The summed E-state index contributed by atoms with van der Waals surface area (Å²) in [6.45, 7) is 0. The predicted molar refractivity (Wildman–Crippen MR) is 103 cm³/mol. The van der Waals surface area contributed by atoms with Gasteiger partial charge in [-0.15, -0.1) is 0 Å². The highest BCUT2D eigenvalue weighted by molar-refractivity contribution is 6.06. The number of benzene rings is 1. The van der Waals surface area contributed by atoms with Crippen molar-refractivity contribution in [2.45, 2.75) is 0 Å². The van der Waals surface area contributed by atoms with Crippen molar-refractivity contribution in [3.8, 4) is 11.3 Å². The lowest BCUT2D eigenvalue weighted by Gasteiger charge is -2.08. The molecule has 0 aliphatic heterocycles. The van der Waals surface area contributed by atoms with Crippen molar-refractivity contribution in [1.29, 1.82) is 0 Å². The molecular weight excluding hydrogens is 320 g/mol. The van der Waals surface area contributed by atoms with E-state index in [1.165, 1.54) is 18.3 Å². The lowest BCUT2D eigenvalue weighted by Crippen LogP contribution is -2.17. The van der Waals surface area contributed by atoms with Crippen LogP contribution in [-0.2, 0) is 0 Å². The molecule has 0 spiro atoms. The molecule has 0 aliphatic rings. The Bertz CT molecular complexity index is 945. The van der Waals surface area contributed by atoms with E-state index in [0.29, 0.717) is 16.9 Å². The number of pyridine rings is 1. The summed E-state index contributed by atoms with van der Waals surface area (Å²) in [5, 5.41) is 2.65. The molecule has 0 atom stereocenters. The summed E-state index contributed by atoms with van der Waals surface area (Å²) in [5.74, 6) is -1.04. The first-order chi connectivity index (χ1) is 12.0. The van der Waals surface area contributed by atoms with Gasteiger partial charge in [0, 0.05) is 36.3 Å². The first-order valence-corrected chi connectivity index (χ1v) is 7.29. The van der Waals surface area contributed by atoms with Gasteiger partial charge in [0.2, 0.25) is 5.91 Å². The number of carbonyl (C=O) groups is 2. The molecule has 0 fully saturated rings. The van der Waals surface area contributed by atoms with Crippen LogP contribution in [0.5, 0.6) is 0 Å². The van der Waals surface area contributed by atoms with Crippen LogP contribution in [0.2, 0.25) is 0 Å². The number of anilines is 2. The van der Waals surface area contributed by atoms with Gasteiger partial charge in [-0.05, 0) is 36.4 Å². The zero-order valence-electron chi connectivity index (χ0n) is 13.0. The van der Waals surface area contributed by atoms with Gasteiger partial charge in [0.25, 0.3) is 5.91 Å². The molecule has 0 radical (unpaired) electrons. The molecular formula is C17H24N6O2. The number of primary amides is 1. The maximum absolute atomic E-state index is 12.4. The number of carbonyl (C=O) groups excluding carboxylic acids is 2. The average Bonchev–Trinajstić information content (AvgIpc) is 2.63. The van der Waals surface area contributed by atoms with E-state index >= 15 is 0 Å². The lowest BCUT2D eigenvalue weighted by molar-refractivity contribution is 0.0998. The lowest BCUT2D eigenvalue weighted by atomic mass is 10.2. The number of hydrogen-bond acceptors (Lipinski definition) is 6. The van der Waals surface area contributed by atoms with Crippen LogP contribution in [-0.4, -0.2) is 26.8 Å². The number of hydrogen-bond donors (Lipinski definition) is 3. The van der Waals surface area contributed by atoms with Crippen LogP contribution in [0.3, 0.4) is 0 Å². The van der Waals surface area contributed by atoms with Gasteiger partial charge in [0.15, 0.2) is 11.5 Å². The number of nitrogens with two attached hydrogens (primary N) is 2. The summed E-state index contributed by atoms with van der Waals surface area (Å²) >= 11 is 0. The minimum atomic E-state index is -0.544. The van der Waals surface area contributed by atoms with Crippen molar-refractivity contribution in [2.24, 2.45) is 5.73 Å². The fourth-order valence-electron chi connectivity index (χ4n) is 2.13. The van der Waals surface area contributed by atoms with Crippen molar-refractivity contribution >= 4 is 23.3 Å². The third-order valence-electron chi connectivity index (χ3n) is 3.40. The van der Waals surface area contributed by atoms with Crippen LogP contribution in [0.1, 0.15) is 28.0 Å². The standard InChI is InChI=1S/C17H14N6O2.5H2/c18-15-14(23-13(9-21-15)11-2-1-7-20-8-11)17(25)22-12-5-3-10(4-6-12)16(19)24;;;;;/h1-9H,(H2,18,21)(H2,19,24)(H,22,25);5*1H. The summed E-state index contributed by atoms with van der Waals surface area (Å²) in [6, 6.07) is 9.71. The molecule has 0 bridgehead atoms. The summed E-state index contributed by atoms with van der Waals surface area (Å²) in [6.07, 6.45) is 4.73. The maximum atomic E-state index is 12.4. The van der Waals surface area contributed by atoms with E-state index in [-0.39, 0.29) is 18.6 Å². The third-order valence-corrected chi connectivity index (χ3v) is 3.40. The quantitative estimate of drug-likeness (QED) is 0.665. The zero-order chi connectivity index (χ0) is 17.8. The topological polar surface area (TPSA) is 137 Å². The van der Waals surface area contributed by atoms with E-state index in [1.54, 1.807) is 36.7 Å². The van der Waals surface area contributed by atoms with Crippen molar-refractivity contribution < 1.29 is 16.7 Å². The second-order valence-corrected chi connectivity index (χ2v) is 5.13. The number of amides is 2. The number of nitrogens with one attached hydrogen (secondary N) is 1. The molecule has 0 saturated heterocycles. The van der Waals surface area contributed by atoms with E-state index in [9.17, 15) is 9.59 Å². The van der Waals surface area contributed by atoms with Gasteiger partial charge in [-0.1, -0.05) is 0 Å². The first kappa shape index (κ1) is 16.1. The monoisotopic (exact) mass is 344 g/mol. The van der Waals surface area contributed by atoms with Crippen LogP contribution >= 0.6 is 0 Å². The minimum Gasteiger partial charge on any atom is -0.382 e. The molecule has 0 unspecified atom stereocenters. The van der Waals surface area contributed by atoms with Crippen LogP contribution < -0.4 is 16.8 Å². The Labute approximate surface area is 150 Å². The molecule has 0 aliphatic carbocycles. The fourth-order valence-corrected chi connectivity index (χ4v) is 2.13. The Kier molecular flexibility index (Phi) is 4.34. The number of aromatic nitrogens is 3. The van der Waals surface area contributed by atoms with Gasteiger partial charge in [-0.3, -0.25) is 14.6 Å². The van der Waals surface area contributed by atoms with Gasteiger partial charge < -0.3 is 16.8 Å². The van der Waals surface area contributed by atoms with Crippen molar-refractivity contribution in [2.75, 3.05) is 11.1 Å². The molecule has 8 heteroatoms. The van der Waals surface area contributed by atoms with E-state index in [0.717, 1.165) is 5.56 Å². The van der Waals surface area contributed by atoms with Crippen molar-refractivity contribution in [3.63, 3.8) is 0 Å². The minimum absolute atomic E-state index is 0. The smallest absolute Gasteiger partial charge is 0.278 e. The van der Waals surface area contributed by atoms with Gasteiger partial charge in [0.1, 0.15) is 0 Å². The fraction of sp³-hybridized carbons (Fsp3) is 0. The molecule has 25 heavy (non-hydrogen) atoms. The zero-order valence-corrected chi connectivity index (χ0v) is 13.0. The number of nitrogens with zero attached hydrogens (tertiary/aromatic N) is 3. The maximum Gasteiger partial charge on any atom is 0.278 e. The second-order valence-electron chi connectivity index (χ2n) is 5.13. The van der Waals surface area contributed by atoms with Crippen LogP contribution in [0.4, 0.5) is 11.5 Å². The molecule has 3 rings (SSSR count). The molecule has 1 aromatic carbocycles. The van der Waals surface area contributed by atoms with E-state index in [2.05, 4.69) is 20.3 Å². The molecule has 2 amide bonds. The van der Waals surface area contributed by atoms with Gasteiger partial charge in [-0.2, -0.15) is 0 Å². The molecule has 0 saturated carbocycles. The van der Waals surface area contributed by atoms with Gasteiger partial charge >= 0.3 is 0 Å². The summed E-state index contributed by atoms with van der Waals surface area (Å²) < 4.78 is 0. The highest BCUT2D eigenvalue weighted by atomic mass is 16.2. The Morgan fingerprint density at radius 3 is 2.48 bits per heavy atom. The normalized spacial score (nSPS) is 10.2. The second kappa shape index (κ2) is 6.75. The third kappa shape index (κ3) is 3.58. The first-order valence-electron chi connectivity index (χ1n) is 7.29. The van der Waals surface area contributed by atoms with E-state index < -0.39 is 11.8 Å². The number of rotatable bonds is 4. The molecule has 5 N–H and O–H groups in total. The summed E-state index contributed by atoms with van der Waals surface area (Å²) in [5.41, 5.74) is 13.0. The van der Waals surface area contributed by atoms with Crippen molar-refractivity contribution in [3.05, 3.63) is 66.2 Å². The molecule has 2 aromatic heterocycles. The Morgan fingerprint density at radius 1 is 1.08 bits per heavy atom.